The van der Waals surface area contributed by atoms with Gasteiger partial charge in [0.15, 0.2) is 5.65 Å². The van der Waals surface area contributed by atoms with Crippen LogP contribution in [0, 0.1) is 11.8 Å². The van der Waals surface area contributed by atoms with Crippen molar-refractivity contribution in [3.63, 3.8) is 0 Å². The molecule has 5 amide bonds. The van der Waals surface area contributed by atoms with Crippen LogP contribution < -0.4 is 16.0 Å². The largest absolute Gasteiger partial charge is 0.453 e. The number of hydrogen-bond acceptors (Lipinski definition) is 9. The summed E-state index contributed by atoms with van der Waals surface area (Å²) in [5, 5.41) is 10.4. The van der Waals surface area contributed by atoms with Crippen LogP contribution in [0.4, 0.5) is 14.4 Å². The van der Waals surface area contributed by atoms with Crippen molar-refractivity contribution in [2.24, 2.45) is 11.8 Å². The van der Waals surface area contributed by atoms with Crippen molar-refractivity contribution in [3.8, 4) is 22.5 Å². The smallest absolute Gasteiger partial charge is 0.408 e. The number of methoxy groups -OCH3 is 2. The molecule has 2 fully saturated rings. The molecule has 2 aliphatic heterocycles. The SMILES string of the molecule is COC(=O)N[C@H](NC(=O)N1CCC[C@H]1c1nc2nc(-c3ccc4cc(-c5cnc([C@@H]6CCCN6C(=O)[C@@H](NC(=O)OC)C(C)C)[nH]5)ccc4c3)ccc2[nH]1)C(C)C. The van der Waals surface area contributed by atoms with Crippen LogP contribution in [0.2, 0.25) is 0 Å². The van der Waals surface area contributed by atoms with Gasteiger partial charge in [-0.1, -0.05) is 52.0 Å². The Bertz CT molecular complexity index is 2280. The Morgan fingerprint density at radius 2 is 1.39 bits per heavy atom. The Morgan fingerprint density at radius 3 is 2.07 bits per heavy atom. The number of H-pyrrole nitrogens is 2. The lowest BCUT2D eigenvalue weighted by molar-refractivity contribution is -0.135. The molecule has 0 spiro atoms. The van der Waals surface area contributed by atoms with E-state index in [4.69, 9.17) is 24.4 Å². The molecular formula is C41H50N10O6. The summed E-state index contributed by atoms with van der Waals surface area (Å²) in [6.45, 7) is 8.76. The fourth-order valence-corrected chi connectivity index (χ4v) is 7.71. The Morgan fingerprint density at radius 1 is 0.737 bits per heavy atom. The highest BCUT2D eigenvalue weighted by Gasteiger charge is 2.38. The summed E-state index contributed by atoms with van der Waals surface area (Å²) >= 11 is 0. The molecule has 16 nitrogen and oxygen atoms in total. The summed E-state index contributed by atoms with van der Waals surface area (Å²) in [6, 6.07) is 14.9. The Labute approximate surface area is 330 Å². The number of nitrogens with zero attached hydrogens (tertiary/aromatic N) is 5. The first-order chi connectivity index (χ1) is 27.4. The summed E-state index contributed by atoms with van der Waals surface area (Å²) in [5.41, 5.74) is 4.88. The third-order valence-corrected chi connectivity index (χ3v) is 10.9. The normalized spacial score (nSPS) is 18.0. The van der Waals surface area contributed by atoms with E-state index in [2.05, 4.69) is 50.2 Å². The van der Waals surface area contributed by atoms with E-state index in [0.717, 1.165) is 64.5 Å². The molecule has 0 aliphatic carbocycles. The molecule has 4 atom stereocenters. The first-order valence-electron chi connectivity index (χ1n) is 19.5. The van der Waals surface area contributed by atoms with E-state index in [0.29, 0.717) is 30.4 Å². The zero-order valence-corrected chi connectivity index (χ0v) is 33.1. The predicted octanol–water partition coefficient (Wildman–Crippen LogP) is 6.40. The van der Waals surface area contributed by atoms with Gasteiger partial charge in [0.25, 0.3) is 0 Å². The van der Waals surface area contributed by atoms with Crippen LogP contribution in [0.1, 0.15) is 77.1 Å². The number of urea groups is 1. The molecule has 57 heavy (non-hydrogen) atoms. The van der Waals surface area contributed by atoms with Gasteiger partial charge in [-0.3, -0.25) is 4.79 Å². The number of fused-ring (bicyclic) bond motifs is 2. The average Bonchev–Trinajstić information content (AvgIpc) is 4.04. The van der Waals surface area contributed by atoms with E-state index in [1.54, 1.807) is 16.0 Å². The second-order valence-corrected chi connectivity index (χ2v) is 15.4. The van der Waals surface area contributed by atoms with Crippen molar-refractivity contribution >= 4 is 46.1 Å². The molecule has 300 valence electrons. The molecule has 0 bridgehead atoms. The molecule has 2 aliphatic rings. The van der Waals surface area contributed by atoms with Crippen LogP contribution in [0.15, 0.2) is 54.7 Å². The number of ether oxygens (including phenoxy) is 2. The molecule has 0 saturated carbocycles. The van der Waals surface area contributed by atoms with Gasteiger partial charge in [0.05, 0.1) is 49.4 Å². The first kappa shape index (κ1) is 39.1. The van der Waals surface area contributed by atoms with E-state index < -0.39 is 24.4 Å². The van der Waals surface area contributed by atoms with E-state index in [1.807, 2.05) is 52.0 Å². The zero-order chi connectivity index (χ0) is 40.4. The summed E-state index contributed by atoms with van der Waals surface area (Å²) in [6.07, 6.45) is 3.16. The van der Waals surface area contributed by atoms with Crippen molar-refractivity contribution in [1.29, 1.82) is 0 Å². The lowest BCUT2D eigenvalue weighted by Gasteiger charge is -2.30. The highest BCUT2D eigenvalue weighted by Crippen LogP contribution is 2.35. The predicted molar refractivity (Wildman–Crippen MR) is 214 cm³/mol. The molecule has 5 N–H and O–H groups in total. The van der Waals surface area contributed by atoms with Gasteiger partial charge in [-0.25, -0.2) is 29.3 Å². The van der Waals surface area contributed by atoms with Crippen LogP contribution in [0.3, 0.4) is 0 Å². The number of aromatic amines is 2. The van der Waals surface area contributed by atoms with E-state index >= 15 is 0 Å². The van der Waals surface area contributed by atoms with Gasteiger partial charge in [-0.2, -0.15) is 0 Å². The number of hydrogen-bond donors (Lipinski definition) is 5. The number of pyridine rings is 1. The molecule has 7 rings (SSSR count). The fraction of sp³-hybridized carbons (Fsp3) is 0.439. The minimum absolute atomic E-state index is 0.0544. The van der Waals surface area contributed by atoms with Gasteiger partial charge < -0.3 is 45.2 Å². The molecule has 5 heterocycles. The van der Waals surface area contributed by atoms with Crippen LogP contribution in [-0.2, 0) is 14.3 Å². The third-order valence-electron chi connectivity index (χ3n) is 10.9. The number of carbonyl (C=O) groups excluding carboxylic acids is 4. The molecule has 2 aromatic carbocycles. The topological polar surface area (TPSA) is 200 Å². The van der Waals surface area contributed by atoms with Gasteiger partial charge >= 0.3 is 18.2 Å². The van der Waals surface area contributed by atoms with Crippen LogP contribution in [0.25, 0.3) is 44.5 Å². The van der Waals surface area contributed by atoms with Crippen molar-refractivity contribution in [1.82, 2.24) is 50.7 Å². The van der Waals surface area contributed by atoms with Gasteiger partial charge in [-0.15, -0.1) is 0 Å². The molecule has 3 aromatic heterocycles. The van der Waals surface area contributed by atoms with E-state index in [1.165, 1.54) is 14.2 Å². The van der Waals surface area contributed by atoms with Crippen LogP contribution >= 0.6 is 0 Å². The average molecular weight is 779 g/mol. The highest BCUT2D eigenvalue weighted by molar-refractivity contribution is 5.91. The Hall–Kier alpha value is -6.19. The second kappa shape index (κ2) is 16.5. The Balaban J connectivity index is 1.05. The lowest BCUT2D eigenvalue weighted by atomic mass is 10.0. The monoisotopic (exact) mass is 778 g/mol. The minimum atomic E-state index is -0.697. The van der Waals surface area contributed by atoms with Gasteiger partial charge in [0.2, 0.25) is 5.91 Å². The number of benzene rings is 2. The van der Waals surface area contributed by atoms with Gasteiger partial charge in [0, 0.05) is 24.2 Å². The number of aromatic nitrogens is 5. The fourth-order valence-electron chi connectivity index (χ4n) is 7.71. The molecule has 0 unspecified atom stereocenters. The quantitative estimate of drug-likeness (QED) is 0.0996. The Kier molecular flexibility index (Phi) is 11.3. The highest BCUT2D eigenvalue weighted by atomic mass is 16.5. The van der Waals surface area contributed by atoms with E-state index in [-0.39, 0.29) is 35.9 Å². The second-order valence-electron chi connectivity index (χ2n) is 15.4. The number of nitrogens with one attached hydrogen (secondary N) is 5. The van der Waals surface area contributed by atoms with Crippen molar-refractivity contribution in [2.45, 2.75) is 77.7 Å². The van der Waals surface area contributed by atoms with Crippen molar-refractivity contribution in [2.75, 3.05) is 27.3 Å². The number of carbonyl (C=O) groups is 4. The number of amides is 5. The molecule has 0 radical (unpaired) electrons. The minimum Gasteiger partial charge on any atom is -0.453 e. The maximum absolute atomic E-state index is 13.6. The maximum Gasteiger partial charge on any atom is 0.408 e. The van der Waals surface area contributed by atoms with Crippen LogP contribution in [0.5, 0.6) is 0 Å². The summed E-state index contributed by atoms with van der Waals surface area (Å²) in [4.78, 5) is 75.6. The van der Waals surface area contributed by atoms with Crippen molar-refractivity contribution in [3.05, 3.63) is 66.4 Å². The number of imidazole rings is 2. The van der Waals surface area contributed by atoms with Gasteiger partial charge in [0.1, 0.15) is 23.9 Å². The van der Waals surface area contributed by atoms with Crippen molar-refractivity contribution < 1.29 is 28.7 Å². The third kappa shape index (κ3) is 8.20. The number of alkyl carbamates (subject to hydrolysis) is 2. The number of likely N-dealkylation sites (tertiary alicyclic amines) is 2. The van der Waals surface area contributed by atoms with Crippen LogP contribution in [-0.4, -0.2) is 98.4 Å². The zero-order valence-electron chi connectivity index (χ0n) is 33.1. The summed E-state index contributed by atoms with van der Waals surface area (Å²) < 4.78 is 9.49. The first-order valence-corrected chi connectivity index (χ1v) is 19.5. The molecule has 5 aromatic rings. The molecule has 2 saturated heterocycles. The number of rotatable bonds is 10. The molecule has 16 heteroatoms. The molecular weight excluding hydrogens is 729 g/mol. The van der Waals surface area contributed by atoms with E-state index in [9.17, 15) is 19.2 Å². The lowest BCUT2D eigenvalue weighted by Crippen LogP contribution is -2.54. The van der Waals surface area contributed by atoms with Gasteiger partial charge in [-0.05, 0) is 72.6 Å². The standard InChI is InChI=1S/C41H50N10O6/c1-22(2)33(46-40(54)56-5)38(52)50-17-7-9-31(50)36-42-21-30(45-36)27-14-12-24-19-26(13-11-25(24)20-27)28-15-16-29-35(43-28)47-37(44-29)32-10-8-18-51(32)39(53)48-34(23(3)4)49-41(55)57-6/h11-16,19-23,31-34H,7-10,17-18H2,1-6H3,(H,42,45)(H,46,54)(H,48,53)(H,49,55)(H,43,44,47)/t31-,32-,33-,34-/m0/s1. The summed E-state index contributed by atoms with van der Waals surface area (Å²) in [7, 11) is 2.58. The summed E-state index contributed by atoms with van der Waals surface area (Å²) in [5.74, 6) is 1.07. The maximum atomic E-state index is 13.6.